The van der Waals surface area contributed by atoms with Gasteiger partial charge < -0.3 is 8.98 Å². The maximum absolute atomic E-state index is 6.37. The van der Waals surface area contributed by atoms with Gasteiger partial charge in [-0.25, -0.2) is 0 Å². The van der Waals surface area contributed by atoms with Crippen LogP contribution in [-0.2, 0) is 5.41 Å². The standard InChI is InChI=1S/C55H37NO/c1-55(2)48-30-51-46(28-44(48)45-29-47-40-13-6-8-17-52(40)57-53(47)31-49(45)55)39-12-5-7-16-50(39)56(51)35-24-22-33(23-25-35)32-18-20-34(21-19-32)36-26-27-43-38-11-4-3-10-37(38)42-15-9-14-41(36)54(42)43/h3-31,41,54H,1-2H3. The lowest BCUT2D eigenvalue weighted by molar-refractivity contribution is 0.647. The Bertz CT molecular complexity index is 3360. The van der Waals surface area contributed by atoms with Gasteiger partial charge >= 0.3 is 0 Å². The van der Waals surface area contributed by atoms with Gasteiger partial charge in [0.2, 0.25) is 0 Å². The predicted molar refractivity (Wildman–Crippen MR) is 238 cm³/mol. The normalized spacial score (nSPS) is 18.4. The van der Waals surface area contributed by atoms with Crippen LogP contribution in [0.3, 0.4) is 0 Å². The molecule has 268 valence electrons. The van der Waals surface area contributed by atoms with Crippen LogP contribution in [0, 0.1) is 11.8 Å². The molecule has 4 aliphatic rings. The quantitative estimate of drug-likeness (QED) is 0.177. The molecule has 0 bridgehead atoms. The fraction of sp³-hybridized carbons (Fsp3) is 0.0909. The maximum Gasteiger partial charge on any atom is 0.135 e. The molecule has 2 unspecified atom stereocenters. The van der Waals surface area contributed by atoms with E-state index >= 15 is 0 Å². The third kappa shape index (κ3) is 4.20. The number of allylic oxidation sites excluding steroid dienone is 8. The highest BCUT2D eigenvalue weighted by atomic mass is 16.3. The first-order valence-corrected chi connectivity index (χ1v) is 20.2. The van der Waals surface area contributed by atoms with Gasteiger partial charge in [0.05, 0.1) is 11.0 Å². The molecule has 0 saturated carbocycles. The van der Waals surface area contributed by atoms with Crippen LogP contribution >= 0.6 is 0 Å². The number of hydrogen-bond donors (Lipinski definition) is 0. The molecule has 13 rings (SSSR count). The minimum absolute atomic E-state index is 0.177. The molecule has 2 atom stereocenters. The van der Waals surface area contributed by atoms with Gasteiger partial charge in [-0.3, -0.25) is 0 Å². The summed E-state index contributed by atoms with van der Waals surface area (Å²) in [6.07, 6.45) is 11.7. The number of aromatic nitrogens is 1. The van der Waals surface area contributed by atoms with E-state index in [1.807, 2.05) is 6.07 Å². The molecule has 2 heteroatoms. The summed E-state index contributed by atoms with van der Waals surface area (Å²) in [6.45, 7) is 4.72. The molecule has 0 fully saturated rings. The van der Waals surface area contributed by atoms with E-state index in [4.69, 9.17) is 4.42 Å². The second-order valence-corrected chi connectivity index (χ2v) is 16.8. The van der Waals surface area contributed by atoms with E-state index in [2.05, 4.69) is 188 Å². The highest BCUT2D eigenvalue weighted by Gasteiger charge is 2.40. The summed E-state index contributed by atoms with van der Waals surface area (Å²) in [7, 11) is 0. The van der Waals surface area contributed by atoms with Gasteiger partial charge in [0.25, 0.3) is 0 Å². The molecule has 0 radical (unpaired) electrons. The van der Waals surface area contributed by atoms with Crippen LogP contribution in [0.1, 0.15) is 41.7 Å². The Balaban J connectivity index is 0.872. The van der Waals surface area contributed by atoms with Gasteiger partial charge in [0, 0.05) is 44.5 Å². The summed E-state index contributed by atoms with van der Waals surface area (Å²) >= 11 is 0. The lowest BCUT2D eigenvalue weighted by Crippen LogP contribution is -2.18. The number of furan rings is 1. The second kappa shape index (κ2) is 11.1. The van der Waals surface area contributed by atoms with Crippen LogP contribution in [0.4, 0.5) is 0 Å². The summed E-state index contributed by atoms with van der Waals surface area (Å²) in [4.78, 5) is 0. The lowest BCUT2D eigenvalue weighted by atomic mass is 9.72. The molecule has 0 amide bonds. The van der Waals surface area contributed by atoms with Crippen molar-refractivity contribution in [3.05, 3.63) is 204 Å². The topological polar surface area (TPSA) is 18.1 Å². The first-order chi connectivity index (χ1) is 28.0. The van der Waals surface area contributed by atoms with Gasteiger partial charge in [0.1, 0.15) is 11.2 Å². The van der Waals surface area contributed by atoms with Crippen molar-refractivity contribution in [2.75, 3.05) is 0 Å². The molecular formula is C55H37NO. The fourth-order valence-electron chi connectivity index (χ4n) is 10.9. The zero-order valence-electron chi connectivity index (χ0n) is 31.8. The number of rotatable bonds is 3. The molecule has 2 heterocycles. The SMILES string of the molecule is CC1(C)c2cc3oc4ccccc4c3cc2-c2cc3c4ccccc4n(-c4ccc(-c5ccc(C6=CC=C7c8ccccc8C8=CC=CC6C87)cc5)cc4)c3cc21. The summed E-state index contributed by atoms with van der Waals surface area (Å²) < 4.78 is 8.82. The third-order valence-electron chi connectivity index (χ3n) is 13.6. The zero-order valence-corrected chi connectivity index (χ0v) is 31.8. The Labute approximate surface area is 331 Å². The summed E-state index contributed by atoms with van der Waals surface area (Å²) in [5.74, 6) is 0.749. The fourth-order valence-corrected chi connectivity index (χ4v) is 10.9. The van der Waals surface area contributed by atoms with E-state index in [-0.39, 0.29) is 5.41 Å². The van der Waals surface area contributed by atoms with E-state index in [0.29, 0.717) is 11.8 Å². The van der Waals surface area contributed by atoms with Gasteiger partial charge in [-0.15, -0.1) is 0 Å². The predicted octanol–water partition coefficient (Wildman–Crippen LogP) is 14.3. The Morgan fingerprint density at radius 2 is 1.09 bits per heavy atom. The van der Waals surface area contributed by atoms with Gasteiger partial charge in [0.15, 0.2) is 0 Å². The van der Waals surface area contributed by atoms with Crippen LogP contribution < -0.4 is 0 Å². The van der Waals surface area contributed by atoms with Crippen molar-refractivity contribution in [1.82, 2.24) is 4.57 Å². The average molecular weight is 728 g/mol. The summed E-state index contributed by atoms with van der Waals surface area (Å²) in [6, 6.07) is 54.0. The zero-order chi connectivity index (χ0) is 37.6. The Morgan fingerprint density at radius 3 is 1.88 bits per heavy atom. The summed E-state index contributed by atoms with van der Waals surface area (Å²) in [5, 5.41) is 4.90. The van der Waals surface area contributed by atoms with Gasteiger partial charge in [-0.05, 0) is 115 Å². The van der Waals surface area contributed by atoms with E-state index in [9.17, 15) is 0 Å². The first kappa shape index (κ1) is 31.3. The highest BCUT2D eigenvalue weighted by molar-refractivity contribution is 6.13. The largest absolute Gasteiger partial charge is 0.456 e. The highest BCUT2D eigenvalue weighted by Crippen LogP contribution is 2.56. The number of nitrogens with zero attached hydrogens (tertiary/aromatic N) is 1. The van der Waals surface area contributed by atoms with Crippen LogP contribution in [0.15, 0.2) is 180 Å². The molecule has 0 aliphatic heterocycles. The van der Waals surface area contributed by atoms with E-state index in [1.165, 1.54) is 105 Å². The molecule has 7 aromatic carbocycles. The van der Waals surface area contributed by atoms with E-state index < -0.39 is 0 Å². The van der Waals surface area contributed by atoms with Gasteiger partial charge in [-0.1, -0.05) is 141 Å². The van der Waals surface area contributed by atoms with Crippen molar-refractivity contribution >= 4 is 60.5 Å². The molecule has 0 saturated heterocycles. The lowest BCUT2D eigenvalue weighted by Gasteiger charge is -2.31. The Morgan fingerprint density at radius 1 is 0.474 bits per heavy atom. The minimum atomic E-state index is -0.177. The van der Waals surface area contributed by atoms with Crippen molar-refractivity contribution in [3.8, 4) is 27.9 Å². The van der Waals surface area contributed by atoms with Gasteiger partial charge in [-0.2, -0.15) is 0 Å². The Kier molecular flexibility index (Phi) is 6.11. The van der Waals surface area contributed by atoms with Crippen molar-refractivity contribution < 1.29 is 4.42 Å². The molecule has 4 aliphatic carbocycles. The average Bonchev–Trinajstić information content (AvgIpc) is 3.96. The monoisotopic (exact) mass is 727 g/mol. The maximum atomic E-state index is 6.37. The second-order valence-electron chi connectivity index (χ2n) is 16.8. The molecule has 0 N–H and O–H groups in total. The molecular weight excluding hydrogens is 691 g/mol. The van der Waals surface area contributed by atoms with Crippen LogP contribution in [0.25, 0.3) is 88.4 Å². The number of fused-ring (bicyclic) bond motifs is 12. The number of hydrogen-bond acceptors (Lipinski definition) is 1. The molecule has 9 aromatic rings. The van der Waals surface area contributed by atoms with Crippen LogP contribution in [-0.4, -0.2) is 4.57 Å². The van der Waals surface area contributed by atoms with Crippen molar-refractivity contribution in [2.24, 2.45) is 11.8 Å². The number of para-hydroxylation sites is 2. The van der Waals surface area contributed by atoms with E-state index in [0.717, 1.165) is 11.2 Å². The molecule has 2 nitrogen and oxygen atoms in total. The van der Waals surface area contributed by atoms with Crippen molar-refractivity contribution in [2.45, 2.75) is 19.3 Å². The minimum Gasteiger partial charge on any atom is -0.456 e. The van der Waals surface area contributed by atoms with E-state index in [1.54, 1.807) is 0 Å². The van der Waals surface area contributed by atoms with Crippen LogP contribution in [0.2, 0.25) is 0 Å². The first-order valence-electron chi connectivity index (χ1n) is 20.2. The smallest absolute Gasteiger partial charge is 0.135 e. The third-order valence-corrected chi connectivity index (χ3v) is 13.6. The van der Waals surface area contributed by atoms with Crippen LogP contribution in [0.5, 0.6) is 0 Å². The molecule has 0 spiro atoms. The van der Waals surface area contributed by atoms with Crippen molar-refractivity contribution in [1.29, 1.82) is 0 Å². The number of benzene rings is 7. The van der Waals surface area contributed by atoms with Crippen molar-refractivity contribution in [3.63, 3.8) is 0 Å². The summed E-state index contributed by atoms with van der Waals surface area (Å²) in [5.41, 5.74) is 21.5. The molecule has 2 aromatic heterocycles. The molecule has 57 heavy (non-hydrogen) atoms. The Hall–Kier alpha value is -6.90.